The first-order valence-electron chi connectivity index (χ1n) is 5.33. The van der Waals surface area contributed by atoms with Gasteiger partial charge in [-0.3, -0.25) is 0 Å². The number of carboxylic acid groups (broad SMARTS) is 1. The van der Waals surface area contributed by atoms with Crippen LogP contribution in [0.3, 0.4) is 0 Å². The molecule has 1 N–H and O–H groups in total. The van der Waals surface area contributed by atoms with E-state index in [1.807, 2.05) is 31.2 Å². The average Bonchev–Trinajstić information content (AvgIpc) is 2.31. The van der Waals surface area contributed by atoms with Crippen LogP contribution in [0.25, 0.3) is 0 Å². The third-order valence-electron chi connectivity index (χ3n) is 2.39. The second kappa shape index (κ2) is 5.46. The maximum Gasteiger partial charge on any atom is 0.336 e. The quantitative estimate of drug-likeness (QED) is 0.898. The van der Waals surface area contributed by atoms with Gasteiger partial charge in [0.2, 0.25) is 0 Å². The second-order valence-corrected chi connectivity index (χ2v) is 5.42. The lowest BCUT2D eigenvalue weighted by atomic mass is 10.2. The molecule has 0 aliphatic heterocycles. The van der Waals surface area contributed by atoms with Crippen molar-refractivity contribution < 1.29 is 9.90 Å². The Morgan fingerprint density at radius 2 is 2.00 bits per heavy atom. The third-order valence-corrected chi connectivity index (χ3v) is 3.69. The molecule has 0 heterocycles. The van der Waals surface area contributed by atoms with E-state index in [4.69, 9.17) is 16.7 Å². The summed E-state index contributed by atoms with van der Waals surface area (Å²) in [4.78, 5) is 12.9. The minimum atomic E-state index is -0.965. The zero-order chi connectivity index (χ0) is 13.1. The second-order valence-electron chi connectivity index (χ2n) is 3.86. The van der Waals surface area contributed by atoms with E-state index in [9.17, 15) is 4.79 Å². The number of hydrogen-bond donors (Lipinski definition) is 1. The molecule has 0 saturated carbocycles. The van der Waals surface area contributed by atoms with Crippen molar-refractivity contribution in [3.8, 4) is 0 Å². The van der Waals surface area contributed by atoms with E-state index >= 15 is 0 Å². The fraction of sp³-hybridized carbons (Fsp3) is 0.0714. The molecule has 0 bridgehead atoms. The van der Waals surface area contributed by atoms with Crippen LogP contribution in [0.15, 0.2) is 52.3 Å². The topological polar surface area (TPSA) is 37.3 Å². The Kier molecular flexibility index (Phi) is 3.94. The fourth-order valence-corrected chi connectivity index (χ4v) is 2.77. The van der Waals surface area contributed by atoms with E-state index in [1.165, 1.54) is 17.8 Å². The molecule has 2 aromatic carbocycles. The van der Waals surface area contributed by atoms with Crippen molar-refractivity contribution >= 4 is 29.3 Å². The summed E-state index contributed by atoms with van der Waals surface area (Å²) in [6.45, 7) is 2.00. The monoisotopic (exact) mass is 278 g/mol. The van der Waals surface area contributed by atoms with Crippen molar-refractivity contribution in [2.75, 3.05) is 0 Å². The first-order valence-corrected chi connectivity index (χ1v) is 6.53. The van der Waals surface area contributed by atoms with Gasteiger partial charge in [0.1, 0.15) is 0 Å². The van der Waals surface area contributed by atoms with Crippen LogP contribution >= 0.6 is 23.4 Å². The lowest BCUT2D eigenvalue weighted by Gasteiger charge is -2.06. The Labute approximate surface area is 115 Å². The van der Waals surface area contributed by atoms with E-state index in [-0.39, 0.29) is 5.56 Å². The lowest BCUT2D eigenvalue weighted by Crippen LogP contribution is -1.98. The van der Waals surface area contributed by atoms with Gasteiger partial charge in [-0.05, 0) is 37.3 Å². The van der Waals surface area contributed by atoms with Crippen LogP contribution in [0.4, 0.5) is 0 Å². The van der Waals surface area contributed by atoms with Gasteiger partial charge < -0.3 is 5.11 Å². The molecular formula is C14H11ClO2S. The molecule has 18 heavy (non-hydrogen) atoms. The van der Waals surface area contributed by atoms with Crippen molar-refractivity contribution in [1.29, 1.82) is 0 Å². The van der Waals surface area contributed by atoms with Gasteiger partial charge in [0.05, 0.1) is 5.56 Å². The van der Waals surface area contributed by atoms with Gasteiger partial charge in [-0.1, -0.05) is 41.1 Å². The summed E-state index contributed by atoms with van der Waals surface area (Å²) in [5.41, 5.74) is 1.37. The highest BCUT2D eigenvalue weighted by Crippen LogP contribution is 2.32. The summed E-state index contributed by atoms with van der Waals surface area (Å²) in [6, 6.07) is 12.8. The van der Waals surface area contributed by atoms with Gasteiger partial charge in [-0.2, -0.15) is 0 Å². The molecule has 0 aromatic heterocycles. The predicted molar refractivity (Wildman–Crippen MR) is 73.7 cm³/mol. The Hall–Kier alpha value is -1.45. The number of carboxylic acids is 1. The van der Waals surface area contributed by atoms with Gasteiger partial charge >= 0.3 is 5.97 Å². The van der Waals surface area contributed by atoms with Crippen LogP contribution in [0, 0.1) is 6.92 Å². The minimum absolute atomic E-state index is 0.231. The first-order chi connectivity index (χ1) is 8.56. The Bertz CT molecular complexity index is 596. The summed E-state index contributed by atoms with van der Waals surface area (Å²) in [5.74, 6) is -0.965. The number of hydrogen-bond acceptors (Lipinski definition) is 2. The maximum absolute atomic E-state index is 11.2. The largest absolute Gasteiger partial charge is 0.478 e. The van der Waals surface area contributed by atoms with Crippen molar-refractivity contribution in [2.24, 2.45) is 0 Å². The molecule has 0 saturated heterocycles. The minimum Gasteiger partial charge on any atom is -0.478 e. The molecule has 2 aromatic rings. The smallest absolute Gasteiger partial charge is 0.336 e. The lowest BCUT2D eigenvalue weighted by molar-refractivity contribution is 0.0693. The highest BCUT2D eigenvalue weighted by atomic mass is 35.5. The fourth-order valence-electron chi connectivity index (χ4n) is 1.56. The molecule has 2 nitrogen and oxygen atoms in total. The molecule has 0 unspecified atom stereocenters. The SMILES string of the molecule is Cc1cccc(Sc2ccc(Cl)cc2C(=O)O)c1. The van der Waals surface area contributed by atoms with E-state index < -0.39 is 5.97 Å². The van der Waals surface area contributed by atoms with Crippen molar-refractivity contribution in [2.45, 2.75) is 16.7 Å². The van der Waals surface area contributed by atoms with Gasteiger partial charge in [-0.25, -0.2) is 4.79 Å². The summed E-state index contributed by atoms with van der Waals surface area (Å²) in [6.07, 6.45) is 0. The predicted octanol–water partition coefficient (Wildman–Crippen LogP) is 4.50. The van der Waals surface area contributed by atoms with Gasteiger partial charge in [0.15, 0.2) is 0 Å². The highest BCUT2D eigenvalue weighted by Gasteiger charge is 2.11. The van der Waals surface area contributed by atoms with E-state index in [0.29, 0.717) is 9.92 Å². The zero-order valence-corrected chi connectivity index (χ0v) is 11.3. The first kappa shape index (κ1) is 13.0. The molecule has 0 radical (unpaired) electrons. The van der Waals surface area contributed by atoms with Crippen LogP contribution in [0.5, 0.6) is 0 Å². The summed E-state index contributed by atoms with van der Waals surface area (Å²) < 4.78 is 0. The molecule has 0 fully saturated rings. The van der Waals surface area contributed by atoms with Crippen molar-refractivity contribution in [3.63, 3.8) is 0 Å². The zero-order valence-electron chi connectivity index (χ0n) is 9.68. The number of rotatable bonds is 3. The third kappa shape index (κ3) is 3.06. The summed E-state index contributed by atoms with van der Waals surface area (Å²) >= 11 is 7.24. The van der Waals surface area contributed by atoms with Crippen LogP contribution in [-0.2, 0) is 0 Å². The Morgan fingerprint density at radius 3 is 2.67 bits per heavy atom. The number of aromatic carboxylic acids is 1. The van der Waals surface area contributed by atoms with Gasteiger partial charge in [0.25, 0.3) is 0 Å². The van der Waals surface area contributed by atoms with E-state index in [2.05, 4.69) is 0 Å². The number of carbonyl (C=O) groups is 1. The normalized spacial score (nSPS) is 10.3. The molecule has 4 heteroatoms. The Balaban J connectivity index is 2.37. The molecule has 0 atom stereocenters. The molecule has 0 amide bonds. The molecule has 0 aliphatic carbocycles. The number of benzene rings is 2. The van der Waals surface area contributed by atoms with E-state index in [0.717, 1.165) is 10.5 Å². The van der Waals surface area contributed by atoms with Gasteiger partial charge in [-0.15, -0.1) is 0 Å². The molecule has 92 valence electrons. The molecular weight excluding hydrogens is 268 g/mol. The van der Waals surface area contributed by atoms with Crippen LogP contribution in [0.2, 0.25) is 5.02 Å². The molecule has 0 spiro atoms. The van der Waals surface area contributed by atoms with Crippen molar-refractivity contribution in [1.82, 2.24) is 0 Å². The van der Waals surface area contributed by atoms with Crippen molar-refractivity contribution in [3.05, 3.63) is 58.6 Å². The van der Waals surface area contributed by atoms with Gasteiger partial charge in [0, 0.05) is 14.8 Å². The van der Waals surface area contributed by atoms with E-state index in [1.54, 1.807) is 12.1 Å². The highest BCUT2D eigenvalue weighted by molar-refractivity contribution is 7.99. The molecule has 2 rings (SSSR count). The number of halogens is 1. The molecule has 0 aliphatic rings. The van der Waals surface area contributed by atoms with Crippen LogP contribution < -0.4 is 0 Å². The average molecular weight is 279 g/mol. The van der Waals surface area contributed by atoms with Crippen LogP contribution in [-0.4, -0.2) is 11.1 Å². The van der Waals surface area contributed by atoms with Crippen LogP contribution in [0.1, 0.15) is 15.9 Å². The number of aryl methyl sites for hydroxylation is 1. The summed E-state index contributed by atoms with van der Waals surface area (Å²) in [7, 11) is 0. The maximum atomic E-state index is 11.2. The summed E-state index contributed by atoms with van der Waals surface area (Å²) in [5, 5.41) is 9.58. The Morgan fingerprint density at radius 1 is 1.22 bits per heavy atom. The standard InChI is InChI=1S/C14H11ClO2S/c1-9-3-2-4-11(7-9)18-13-6-5-10(15)8-12(13)14(16)17/h2-8H,1H3,(H,16,17).